The molecule has 0 aromatic heterocycles. The minimum atomic E-state index is -0.0239. The van der Waals surface area contributed by atoms with Gasteiger partial charge in [0.05, 0.1) is 19.8 Å². The van der Waals surface area contributed by atoms with Gasteiger partial charge in [0.15, 0.2) is 0 Å². The van der Waals surface area contributed by atoms with E-state index in [1.54, 1.807) is 0 Å². The van der Waals surface area contributed by atoms with Crippen LogP contribution in [-0.4, -0.2) is 53.9 Å². The predicted molar refractivity (Wildman–Crippen MR) is 124 cm³/mol. The molecule has 168 valence electrons. The summed E-state index contributed by atoms with van der Waals surface area (Å²) in [5, 5.41) is 6.02. The van der Waals surface area contributed by atoms with Gasteiger partial charge in [-0.25, -0.2) is 0 Å². The fourth-order valence-corrected chi connectivity index (χ4v) is 8.40. The third kappa shape index (κ3) is 4.99. The normalized spacial score (nSPS) is 34.5. The lowest BCUT2D eigenvalue weighted by molar-refractivity contribution is -0.123. The summed E-state index contributed by atoms with van der Waals surface area (Å²) < 4.78 is 5.59. The summed E-state index contributed by atoms with van der Waals surface area (Å²) in [6.07, 6.45) is 8.09. The second kappa shape index (κ2) is 8.49. The largest absolute Gasteiger partial charge is 0.379 e. The quantitative estimate of drug-likeness (QED) is 0.592. The fraction of sp³-hybridized carbons (Fsp3) is 0.667. The van der Waals surface area contributed by atoms with Gasteiger partial charge in [0.1, 0.15) is 0 Å². The molecule has 1 aromatic rings. The van der Waals surface area contributed by atoms with E-state index in [1.165, 1.54) is 32.1 Å². The monoisotopic (exact) mass is 489 g/mol. The second-order valence-electron chi connectivity index (χ2n) is 10.4. The molecule has 2 unspecified atom stereocenters. The Morgan fingerprint density at radius 1 is 0.968 bits per heavy atom. The lowest BCUT2D eigenvalue weighted by atomic mass is 9.48. The number of rotatable bonds is 6. The van der Waals surface area contributed by atoms with E-state index >= 15 is 0 Å². The molecular formula is C24H32BrN3O3. The van der Waals surface area contributed by atoms with E-state index < -0.39 is 0 Å². The standard InChI is InChI=1S/C24H32BrN3O3/c25-24-12-17-9-18(13-24)11-23(10-17,16-24)14-21(29)26-19-1-3-20(4-2-19)27-22(30)15-28-5-7-31-8-6-28/h1-4,17-18H,5-16H2,(H,26,29)(H,27,30). The Hall–Kier alpha value is -1.44. The van der Waals surface area contributed by atoms with E-state index in [1.807, 2.05) is 24.3 Å². The number of nitrogens with one attached hydrogen (secondary N) is 2. The first-order valence-corrected chi connectivity index (χ1v) is 12.4. The molecule has 4 bridgehead atoms. The van der Waals surface area contributed by atoms with E-state index in [4.69, 9.17) is 4.74 Å². The summed E-state index contributed by atoms with van der Waals surface area (Å²) in [5.74, 6) is 1.66. The molecule has 2 atom stereocenters. The number of alkyl halides is 1. The zero-order valence-corrected chi connectivity index (χ0v) is 19.6. The molecule has 4 saturated carbocycles. The number of carbonyl (C=O) groups is 2. The number of carbonyl (C=O) groups excluding carboxylic acids is 2. The molecule has 6 rings (SSSR count). The van der Waals surface area contributed by atoms with E-state index in [9.17, 15) is 9.59 Å². The van der Waals surface area contributed by atoms with Gasteiger partial charge < -0.3 is 15.4 Å². The molecule has 31 heavy (non-hydrogen) atoms. The summed E-state index contributed by atoms with van der Waals surface area (Å²) in [6.45, 7) is 3.32. The van der Waals surface area contributed by atoms with Crippen molar-refractivity contribution in [1.29, 1.82) is 0 Å². The van der Waals surface area contributed by atoms with Crippen molar-refractivity contribution in [1.82, 2.24) is 4.90 Å². The van der Waals surface area contributed by atoms with Crippen LogP contribution >= 0.6 is 15.9 Å². The minimum Gasteiger partial charge on any atom is -0.379 e. The Balaban J connectivity index is 1.13. The van der Waals surface area contributed by atoms with Gasteiger partial charge in [-0.2, -0.15) is 0 Å². The lowest BCUT2D eigenvalue weighted by Crippen LogP contribution is -2.53. The van der Waals surface area contributed by atoms with Gasteiger partial charge in [-0.3, -0.25) is 14.5 Å². The Labute approximate surface area is 192 Å². The molecule has 6 nitrogen and oxygen atoms in total. The number of halogens is 1. The average Bonchev–Trinajstić information content (AvgIpc) is 2.68. The molecule has 7 heteroatoms. The van der Waals surface area contributed by atoms with Crippen LogP contribution in [0.3, 0.4) is 0 Å². The van der Waals surface area contributed by atoms with Crippen molar-refractivity contribution in [2.24, 2.45) is 17.3 Å². The van der Waals surface area contributed by atoms with Crippen LogP contribution in [0.1, 0.15) is 44.9 Å². The Morgan fingerprint density at radius 3 is 2.13 bits per heavy atom. The molecule has 1 aliphatic heterocycles. The van der Waals surface area contributed by atoms with Crippen LogP contribution in [0, 0.1) is 17.3 Å². The van der Waals surface area contributed by atoms with Gasteiger partial charge in [-0.15, -0.1) is 0 Å². The smallest absolute Gasteiger partial charge is 0.238 e. The summed E-state index contributed by atoms with van der Waals surface area (Å²) in [6, 6.07) is 7.44. The van der Waals surface area contributed by atoms with Crippen LogP contribution < -0.4 is 10.6 Å². The number of hydrogen-bond donors (Lipinski definition) is 2. The highest BCUT2D eigenvalue weighted by Gasteiger charge is 2.57. The van der Waals surface area contributed by atoms with Crippen LogP contribution in [0.5, 0.6) is 0 Å². The van der Waals surface area contributed by atoms with Crippen molar-refractivity contribution in [3.8, 4) is 0 Å². The lowest BCUT2D eigenvalue weighted by Gasteiger charge is -2.60. The van der Waals surface area contributed by atoms with Crippen molar-refractivity contribution in [2.75, 3.05) is 43.5 Å². The summed E-state index contributed by atoms with van der Waals surface area (Å²) >= 11 is 4.03. The van der Waals surface area contributed by atoms with Crippen LogP contribution in [0.4, 0.5) is 11.4 Å². The molecule has 2 N–H and O–H groups in total. The van der Waals surface area contributed by atoms with Crippen LogP contribution in [0.25, 0.3) is 0 Å². The van der Waals surface area contributed by atoms with E-state index in [0.29, 0.717) is 26.2 Å². The van der Waals surface area contributed by atoms with Gasteiger partial charge in [0.25, 0.3) is 0 Å². The molecule has 5 aliphatic rings. The molecule has 0 spiro atoms. The van der Waals surface area contributed by atoms with E-state index in [-0.39, 0.29) is 21.6 Å². The average molecular weight is 490 g/mol. The third-order valence-electron chi connectivity index (χ3n) is 7.57. The van der Waals surface area contributed by atoms with Gasteiger partial charge in [0.2, 0.25) is 11.8 Å². The SMILES string of the molecule is O=C(CN1CCOCC1)Nc1ccc(NC(=O)CC23CC4CC(CC(Br)(C4)C2)C3)cc1. The molecule has 2 amide bonds. The predicted octanol–water partition coefficient (Wildman–Crippen LogP) is 4.02. The van der Waals surface area contributed by atoms with E-state index in [2.05, 4.69) is 31.5 Å². The first kappa shape index (κ1) is 21.4. The van der Waals surface area contributed by atoms with Crippen LogP contribution in [-0.2, 0) is 14.3 Å². The summed E-state index contributed by atoms with van der Waals surface area (Å²) in [7, 11) is 0. The molecule has 5 fully saturated rings. The van der Waals surface area contributed by atoms with Gasteiger partial charge in [-0.1, -0.05) is 15.9 Å². The number of anilines is 2. The van der Waals surface area contributed by atoms with Crippen molar-refractivity contribution in [2.45, 2.75) is 49.3 Å². The van der Waals surface area contributed by atoms with Gasteiger partial charge in [0, 0.05) is 35.2 Å². The van der Waals surface area contributed by atoms with Crippen LogP contribution in [0.15, 0.2) is 24.3 Å². The van der Waals surface area contributed by atoms with Crippen molar-refractivity contribution < 1.29 is 14.3 Å². The maximum atomic E-state index is 12.9. The summed E-state index contributed by atoms with van der Waals surface area (Å²) in [4.78, 5) is 27.2. The molecule has 0 radical (unpaired) electrons. The van der Waals surface area contributed by atoms with Crippen molar-refractivity contribution >= 4 is 39.1 Å². The van der Waals surface area contributed by atoms with Crippen LogP contribution in [0.2, 0.25) is 0 Å². The molecule has 4 aliphatic carbocycles. The Kier molecular flexibility index (Phi) is 5.86. The Morgan fingerprint density at radius 2 is 1.55 bits per heavy atom. The van der Waals surface area contributed by atoms with Crippen molar-refractivity contribution in [3.05, 3.63) is 24.3 Å². The highest BCUT2D eigenvalue weighted by molar-refractivity contribution is 9.10. The maximum absolute atomic E-state index is 12.9. The summed E-state index contributed by atoms with van der Waals surface area (Å²) in [5.41, 5.74) is 1.71. The zero-order valence-electron chi connectivity index (χ0n) is 18.0. The minimum absolute atomic E-state index is 0.0239. The van der Waals surface area contributed by atoms with E-state index in [0.717, 1.165) is 42.7 Å². The van der Waals surface area contributed by atoms with Crippen molar-refractivity contribution in [3.63, 3.8) is 0 Å². The maximum Gasteiger partial charge on any atom is 0.238 e. The zero-order chi connectivity index (χ0) is 21.5. The number of benzene rings is 1. The first-order chi connectivity index (χ1) is 14.9. The number of ether oxygens (including phenoxy) is 1. The molecule has 1 saturated heterocycles. The topological polar surface area (TPSA) is 70.7 Å². The third-order valence-corrected chi connectivity index (χ3v) is 8.50. The number of nitrogens with zero attached hydrogens (tertiary/aromatic N) is 1. The van der Waals surface area contributed by atoms with Gasteiger partial charge >= 0.3 is 0 Å². The fourth-order valence-electron chi connectivity index (χ4n) is 6.89. The highest BCUT2D eigenvalue weighted by Crippen LogP contribution is 2.65. The molecular weight excluding hydrogens is 458 g/mol. The number of hydrogen-bond acceptors (Lipinski definition) is 4. The first-order valence-electron chi connectivity index (χ1n) is 11.6. The highest BCUT2D eigenvalue weighted by atomic mass is 79.9. The molecule has 1 aromatic carbocycles. The number of amides is 2. The van der Waals surface area contributed by atoms with Gasteiger partial charge in [-0.05, 0) is 80.0 Å². The molecule has 1 heterocycles. The second-order valence-corrected chi connectivity index (χ2v) is 12.0. The number of morpholine rings is 1. The Bertz CT molecular complexity index is 823.